The lowest BCUT2D eigenvalue weighted by Crippen LogP contribution is -2.20. The van der Waals surface area contributed by atoms with Crippen molar-refractivity contribution in [3.05, 3.63) is 0 Å². The summed E-state index contributed by atoms with van der Waals surface area (Å²) in [6, 6.07) is 0. The van der Waals surface area contributed by atoms with Crippen LogP contribution in [0.15, 0.2) is 0 Å². The van der Waals surface area contributed by atoms with Crippen LogP contribution in [-0.2, 0) is 9.09 Å². The first-order valence-corrected chi connectivity index (χ1v) is 8.46. The van der Waals surface area contributed by atoms with E-state index in [4.69, 9.17) is 9.42 Å². The van der Waals surface area contributed by atoms with E-state index in [0.717, 1.165) is 12.8 Å². The third-order valence-corrected chi connectivity index (χ3v) is 3.86. The zero-order valence-corrected chi connectivity index (χ0v) is 13.2. The predicted octanol–water partition coefficient (Wildman–Crippen LogP) is 5.35. The minimum atomic E-state index is -2.47. The number of hydrogen-bond acceptors (Lipinski definition) is 2. The normalized spacial score (nSPS) is 12.8. The number of hydrogen-bond donors (Lipinski definition) is 1. The van der Waals surface area contributed by atoms with Crippen molar-refractivity contribution in [3.63, 3.8) is 0 Å². The fraction of sp³-hybridized carbons (Fsp3) is 1.00. The zero-order valence-electron chi connectivity index (χ0n) is 12.3. The second kappa shape index (κ2) is 10.9. The zero-order chi connectivity index (χ0) is 13.9. The molecule has 0 bridgehead atoms. The monoisotopic (exact) mass is 277 g/mol. The van der Waals surface area contributed by atoms with Crippen LogP contribution in [0.25, 0.3) is 0 Å². The van der Waals surface area contributed by atoms with Gasteiger partial charge in [-0.05, 0) is 20.3 Å². The second-order valence-corrected chi connectivity index (χ2v) is 6.33. The van der Waals surface area contributed by atoms with Gasteiger partial charge in [0.1, 0.15) is 5.60 Å². The van der Waals surface area contributed by atoms with E-state index in [2.05, 4.69) is 6.92 Å². The van der Waals surface area contributed by atoms with E-state index >= 15 is 0 Å². The van der Waals surface area contributed by atoms with Gasteiger partial charge < -0.3 is 0 Å². The third-order valence-electron chi connectivity index (χ3n) is 3.21. The van der Waals surface area contributed by atoms with Gasteiger partial charge in [-0.2, -0.15) is 0 Å². The second-order valence-electron chi connectivity index (χ2n) is 5.67. The van der Waals surface area contributed by atoms with Crippen molar-refractivity contribution in [3.8, 4) is 0 Å². The molecule has 0 aromatic carbocycles. The van der Waals surface area contributed by atoms with E-state index in [1.54, 1.807) is 0 Å². The highest BCUT2D eigenvalue weighted by atomic mass is 31.1. The van der Waals surface area contributed by atoms with E-state index in [-0.39, 0.29) is 0 Å². The summed E-state index contributed by atoms with van der Waals surface area (Å²) >= 11 is 0. The Kier molecular flexibility index (Phi) is 10.9. The van der Waals surface area contributed by atoms with Crippen LogP contribution in [0.3, 0.4) is 0 Å². The smallest absolute Gasteiger partial charge is 0.133 e. The van der Waals surface area contributed by atoms with Crippen LogP contribution in [0.2, 0.25) is 0 Å². The minimum Gasteiger partial charge on any atom is -0.133 e. The summed E-state index contributed by atoms with van der Waals surface area (Å²) in [5.41, 5.74) is -0.469. The minimum absolute atomic E-state index is 0.469. The van der Waals surface area contributed by atoms with Gasteiger partial charge in [-0.1, -0.05) is 64.7 Å². The van der Waals surface area contributed by atoms with Crippen LogP contribution < -0.4 is 0 Å². The molecule has 0 aromatic rings. The Balaban J connectivity index is 3.31. The molecule has 0 saturated carbocycles. The van der Waals surface area contributed by atoms with Gasteiger partial charge in [0.2, 0.25) is 0 Å². The first-order valence-electron chi connectivity index (χ1n) is 7.33. The number of unbranched alkanes of at least 4 members (excludes halogenated alkanes) is 8. The lowest BCUT2D eigenvalue weighted by atomic mass is 9.99. The van der Waals surface area contributed by atoms with Crippen molar-refractivity contribution in [1.29, 1.82) is 0 Å². The molecule has 3 nitrogen and oxygen atoms in total. The Morgan fingerprint density at radius 1 is 0.944 bits per heavy atom. The highest BCUT2D eigenvalue weighted by molar-refractivity contribution is 7.32. The van der Waals surface area contributed by atoms with Gasteiger partial charge in [-0.3, -0.25) is 0 Å². The van der Waals surface area contributed by atoms with Crippen molar-refractivity contribution in [2.75, 3.05) is 0 Å². The van der Waals surface area contributed by atoms with Gasteiger partial charge >= 0.3 is 8.25 Å². The Morgan fingerprint density at radius 2 is 1.39 bits per heavy atom. The average Bonchev–Trinajstić information content (AvgIpc) is 2.25. The van der Waals surface area contributed by atoms with Crippen molar-refractivity contribution >= 4 is 8.25 Å². The topological polar surface area (TPSA) is 46.5 Å². The first-order chi connectivity index (χ1) is 8.48. The fourth-order valence-corrected chi connectivity index (χ4v) is 2.63. The summed E-state index contributed by atoms with van der Waals surface area (Å²) in [6.07, 6.45) is 12.5. The predicted molar refractivity (Wildman–Crippen MR) is 76.8 cm³/mol. The average molecular weight is 277 g/mol. The van der Waals surface area contributed by atoms with Crippen LogP contribution in [0.1, 0.15) is 85.0 Å². The van der Waals surface area contributed by atoms with E-state index in [0.29, 0.717) is 0 Å². The van der Waals surface area contributed by atoms with Gasteiger partial charge in [-0.25, -0.2) is 0 Å². The van der Waals surface area contributed by atoms with E-state index in [9.17, 15) is 4.57 Å². The molecule has 0 aliphatic rings. The fourth-order valence-electron chi connectivity index (χ4n) is 2.12. The summed E-state index contributed by atoms with van der Waals surface area (Å²) in [5.74, 6) is 0. The molecule has 1 atom stereocenters. The Bertz CT molecular complexity index is 217. The molecule has 0 aliphatic carbocycles. The summed E-state index contributed by atoms with van der Waals surface area (Å²) in [6.45, 7) is 5.99. The van der Waals surface area contributed by atoms with Gasteiger partial charge in [0.25, 0.3) is 0 Å². The SMILES string of the molecule is CCCCCCCCCCCC(C)(C)O[P+](=O)O. The standard InChI is InChI=1S/C14H29O3P/c1-4-5-6-7-8-9-10-11-12-13-14(2,3)17-18(15)16/h4-13H2,1-3H3/p+1. The van der Waals surface area contributed by atoms with Crippen molar-refractivity contribution in [2.45, 2.75) is 90.6 Å². The summed E-state index contributed by atoms with van der Waals surface area (Å²) in [5, 5.41) is 0. The largest absolute Gasteiger partial charge is 0.695 e. The van der Waals surface area contributed by atoms with Crippen molar-refractivity contribution in [1.82, 2.24) is 0 Å². The highest BCUT2D eigenvalue weighted by Crippen LogP contribution is 2.29. The molecule has 0 radical (unpaired) electrons. The molecule has 108 valence electrons. The van der Waals surface area contributed by atoms with Crippen molar-refractivity contribution < 1.29 is 14.0 Å². The lowest BCUT2D eigenvalue weighted by Gasteiger charge is -2.16. The molecular formula is C14H30O3P+. The van der Waals surface area contributed by atoms with Gasteiger partial charge in [0, 0.05) is 4.57 Å². The molecule has 18 heavy (non-hydrogen) atoms. The molecule has 0 fully saturated rings. The van der Waals surface area contributed by atoms with Gasteiger partial charge in [0.15, 0.2) is 0 Å². The molecule has 0 aliphatic heterocycles. The number of rotatable bonds is 12. The van der Waals surface area contributed by atoms with E-state index in [1.807, 2.05) is 13.8 Å². The lowest BCUT2D eigenvalue weighted by molar-refractivity contribution is 0.0910. The molecule has 0 aromatic heterocycles. The van der Waals surface area contributed by atoms with Crippen LogP contribution in [-0.4, -0.2) is 10.5 Å². The van der Waals surface area contributed by atoms with Crippen LogP contribution in [0.5, 0.6) is 0 Å². The third kappa shape index (κ3) is 12.5. The van der Waals surface area contributed by atoms with E-state index in [1.165, 1.54) is 51.4 Å². The maximum absolute atomic E-state index is 10.6. The Hall–Kier alpha value is 0.0200. The molecule has 0 spiro atoms. The molecule has 0 heterocycles. The van der Waals surface area contributed by atoms with Gasteiger partial charge in [0.05, 0.1) is 0 Å². The van der Waals surface area contributed by atoms with E-state index < -0.39 is 13.9 Å². The molecule has 0 rings (SSSR count). The maximum atomic E-state index is 10.6. The van der Waals surface area contributed by atoms with Crippen molar-refractivity contribution in [2.24, 2.45) is 0 Å². The summed E-state index contributed by atoms with van der Waals surface area (Å²) in [4.78, 5) is 8.72. The van der Waals surface area contributed by atoms with Crippen LogP contribution in [0.4, 0.5) is 0 Å². The summed E-state index contributed by atoms with van der Waals surface area (Å²) < 4.78 is 15.6. The molecule has 0 amide bonds. The Labute approximate surface area is 113 Å². The highest BCUT2D eigenvalue weighted by Gasteiger charge is 2.29. The van der Waals surface area contributed by atoms with Gasteiger partial charge in [-0.15, -0.1) is 9.42 Å². The quantitative estimate of drug-likeness (QED) is 0.386. The first kappa shape index (κ1) is 18.0. The molecular weight excluding hydrogens is 247 g/mol. The molecule has 1 N–H and O–H groups in total. The molecule has 0 saturated heterocycles. The van der Waals surface area contributed by atoms with Crippen LogP contribution in [0, 0.1) is 0 Å². The Morgan fingerprint density at radius 3 is 1.83 bits per heavy atom. The summed E-state index contributed by atoms with van der Waals surface area (Å²) in [7, 11) is -2.47. The van der Waals surface area contributed by atoms with Crippen LogP contribution >= 0.6 is 8.25 Å². The maximum Gasteiger partial charge on any atom is 0.695 e. The molecule has 4 heteroatoms. The molecule has 1 unspecified atom stereocenters.